The van der Waals surface area contributed by atoms with Crippen LogP contribution in [0.1, 0.15) is 39.0 Å². The van der Waals surface area contributed by atoms with E-state index in [1.807, 2.05) is 0 Å². The molecule has 1 heterocycles. The Morgan fingerprint density at radius 2 is 2.30 bits per heavy atom. The first-order valence-corrected chi connectivity index (χ1v) is 4.50. The molecule has 1 radical (unpaired) electrons. The van der Waals surface area contributed by atoms with E-state index in [9.17, 15) is 0 Å². The van der Waals surface area contributed by atoms with E-state index in [2.05, 4.69) is 18.7 Å². The van der Waals surface area contributed by atoms with E-state index < -0.39 is 0 Å². The summed E-state index contributed by atoms with van der Waals surface area (Å²) in [5.41, 5.74) is 0. The van der Waals surface area contributed by atoms with Crippen LogP contribution in [0.4, 0.5) is 0 Å². The maximum atomic E-state index is 3.53. The quantitative estimate of drug-likeness (QED) is 0.619. The Bertz CT molecular complexity index is 72.8. The van der Waals surface area contributed by atoms with Gasteiger partial charge < -0.3 is 5.32 Å². The number of hydrogen-bond acceptors (Lipinski definition) is 1. The van der Waals surface area contributed by atoms with Crippen LogP contribution in [0.5, 0.6) is 0 Å². The van der Waals surface area contributed by atoms with Gasteiger partial charge >= 0.3 is 0 Å². The van der Waals surface area contributed by atoms with Crippen molar-refractivity contribution in [3.63, 3.8) is 0 Å². The van der Waals surface area contributed by atoms with Gasteiger partial charge in [-0.2, -0.15) is 0 Å². The van der Waals surface area contributed by atoms with E-state index in [0.717, 1.165) is 0 Å². The van der Waals surface area contributed by atoms with Crippen molar-refractivity contribution in [3.05, 3.63) is 6.42 Å². The van der Waals surface area contributed by atoms with Crippen LogP contribution in [0.15, 0.2) is 0 Å². The SMILES string of the molecule is CC[CH]C1CCCCCN1. The molecule has 0 aromatic rings. The first kappa shape index (κ1) is 8.06. The van der Waals surface area contributed by atoms with Gasteiger partial charge in [0.15, 0.2) is 0 Å². The molecule has 10 heavy (non-hydrogen) atoms. The van der Waals surface area contributed by atoms with E-state index in [-0.39, 0.29) is 0 Å². The standard InChI is InChI=1S/C9H18N/c1-2-6-9-7-4-3-5-8-10-9/h6,9-10H,2-5,7-8H2,1H3. The molecule has 0 saturated carbocycles. The molecule has 1 rings (SSSR count). The molecule has 1 atom stereocenters. The topological polar surface area (TPSA) is 12.0 Å². The van der Waals surface area contributed by atoms with Gasteiger partial charge in [-0.1, -0.05) is 26.2 Å². The van der Waals surface area contributed by atoms with Crippen molar-refractivity contribution in [2.75, 3.05) is 6.54 Å². The summed E-state index contributed by atoms with van der Waals surface area (Å²) in [6.07, 6.45) is 9.15. The van der Waals surface area contributed by atoms with Crippen LogP contribution in [-0.2, 0) is 0 Å². The lowest BCUT2D eigenvalue weighted by atomic mass is 10.1. The molecule has 0 bridgehead atoms. The monoisotopic (exact) mass is 140 g/mol. The number of rotatable bonds is 2. The highest BCUT2D eigenvalue weighted by Crippen LogP contribution is 2.10. The summed E-state index contributed by atoms with van der Waals surface area (Å²) in [6, 6.07) is 0.715. The molecule has 1 fully saturated rings. The average molecular weight is 140 g/mol. The van der Waals surface area contributed by atoms with Gasteiger partial charge in [0.05, 0.1) is 0 Å². The van der Waals surface area contributed by atoms with Crippen LogP contribution >= 0.6 is 0 Å². The minimum absolute atomic E-state index is 0.715. The highest BCUT2D eigenvalue weighted by molar-refractivity contribution is 4.82. The van der Waals surface area contributed by atoms with Crippen molar-refractivity contribution in [2.24, 2.45) is 0 Å². The molecule has 1 aliphatic heterocycles. The van der Waals surface area contributed by atoms with E-state index >= 15 is 0 Å². The van der Waals surface area contributed by atoms with Gasteiger partial charge in [0.1, 0.15) is 0 Å². The second-order valence-corrected chi connectivity index (χ2v) is 3.05. The third-order valence-electron chi connectivity index (χ3n) is 2.12. The Morgan fingerprint density at radius 1 is 1.40 bits per heavy atom. The Morgan fingerprint density at radius 3 is 3.10 bits per heavy atom. The zero-order valence-electron chi connectivity index (χ0n) is 6.90. The predicted molar refractivity (Wildman–Crippen MR) is 44.8 cm³/mol. The van der Waals surface area contributed by atoms with Gasteiger partial charge in [-0.05, 0) is 25.8 Å². The molecular formula is C9H18N. The van der Waals surface area contributed by atoms with Crippen molar-refractivity contribution in [2.45, 2.75) is 45.1 Å². The first-order chi connectivity index (χ1) is 4.93. The van der Waals surface area contributed by atoms with Gasteiger partial charge in [0, 0.05) is 6.04 Å². The minimum atomic E-state index is 0.715. The van der Waals surface area contributed by atoms with E-state index in [1.165, 1.54) is 38.6 Å². The lowest BCUT2D eigenvalue weighted by molar-refractivity contribution is 0.554. The third-order valence-corrected chi connectivity index (χ3v) is 2.12. The molecule has 1 N–H and O–H groups in total. The smallest absolute Gasteiger partial charge is 0.00984 e. The molecule has 0 amide bonds. The summed E-state index contributed by atoms with van der Waals surface area (Å²) in [5.74, 6) is 0. The van der Waals surface area contributed by atoms with Crippen LogP contribution in [0, 0.1) is 6.42 Å². The van der Waals surface area contributed by atoms with Gasteiger partial charge in [-0.25, -0.2) is 0 Å². The Hall–Kier alpha value is -0.0400. The zero-order chi connectivity index (χ0) is 7.23. The van der Waals surface area contributed by atoms with Crippen LogP contribution < -0.4 is 5.32 Å². The van der Waals surface area contributed by atoms with Crippen molar-refractivity contribution in [1.82, 2.24) is 5.32 Å². The van der Waals surface area contributed by atoms with Gasteiger partial charge in [0.2, 0.25) is 0 Å². The number of hydrogen-bond donors (Lipinski definition) is 1. The number of nitrogens with one attached hydrogen (secondary N) is 1. The van der Waals surface area contributed by atoms with Gasteiger partial charge in [-0.15, -0.1) is 0 Å². The molecule has 1 aliphatic rings. The molecular weight excluding hydrogens is 122 g/mol. The average Bonchev–Trinajstić information content (AvgIpc) is 2.17. The summed E-state index contributed by atoms with van der Waals surface area (Å²) < 4.78 is 0. The fourth-order valence-corrected chi connectivity index (χ4v) is 1.54. The Kier molecular flexibility index (Phi) is 3.81. The molecule has 0 aromatic heterocycles. The largest absolute Gasteiger partial charge is 0.314 e. The maximum Gasteiger partial charge on any atom is 0.00984 e. The Labute approximate surface area is 64.2 Å². The second-order valence-electron chi connectivity index (χ2n) is 3.05. The first-order valence-electron chi connectivity index (χ1n) is 4.50. The summed E-state index contributed by atoms with van der Waals surface area (Å²) in [6.45, 7) is 3.44. The molecule has 0 aromatic carbocycles. The second kappa shape index (κ2) is 4.73. The van der Waals surface area contributed by atoms with E-state index in [1.54, 1.807) is 0 Å². The predicted octanol–water partition coefficient (Wildman–Crippen LogP) is 2.13. The maximum absolute atomic E-state index is 3.53. The van der Waals surface area contributed by atoms with Crippen molar-refractivity contribution in [3.8, 4) is 0 Å². The Balaban J connectivity index is 2.15. The van der Waals surface area contributed by atoms with Gasteiger partial charge in [0.25, 0.3) is 0 Å². The van der Waals surface area contributed by atoms with E-state index in [4.69, 9.17) is 0 Å². The molecule has 0 spiro atoms. The fourth-order valence-electron chi connectivity index (χ4n) is 1.54. The van der Waals surface area contributed by atoms with E-state index in [0.29, 0.717) is 6.04 Å². The fraction of sp³-hybridized carbons (Fsp3) is 0.889. The molecule has 59 valence electrons. The van der Waals surface area contributed by atoms with Crippen molar-refractivity contribution >= 4 is 0 Å². The molecule has 1 nitrogen and oxygen atoms in total. The van der Waals surface area contributed by atoms with Crippen LogP contribution in [0.3, 0.4) is 0 Å². The highest BCUT2D eigenvalue weighted by Gasteiger charge is 2.09. The summed E-state index contributed by atoms with van der Waals surface area (Å²) >= 11 is 0. The normalized spacial score (nSPS) is 27.9. The summed E-state index contributed by atoms with van der Waals surface area (Å²) in [5, 5.41) is 3.53. The van der Waals surface area contributed by atoms with Crippen LogP contribution in [0.25, 0.3) is 0 Å². The highest BCUT2D eigenvalue weighted by atomic mass is 14.9. The van der Waals surface area contributed by atoms with Crippen molar-refractivity contribution < 1.29 is 0 Å². The minimum Gasteiger partial charge on any atom is -0.314 e. The summed E-state index contributed by atoms with van der Waals surface area (Å²) in [4.78, 5) is 0. The lowest BCUT2D eigenvalue weighted by Crippen LogP contribution is -2.28. The van der Waals surface area contributed by atoms with Crippen LogP contribution in [-0.4, -0.2) is 12.6 Å². The lowest BCUT2D eigenvalue weighted by Gasteiger charge is -2.12. The van der Waals surface area contributed by atoms with Crippen molar-refractivity contribution in [1.29, 1.82) is 0 Å². The molecule has 0 aliphatic carbocycles. The van der Waals surface area contributed by atoms with Gasteiger partial charge in [-0.3, -0.25) is 0 Å². The molecule has 1 unspecified atom stereocenters. The molecule has 1 saturated heterocycles. The van der Waals surface area contributed by atoms with Crippen LogP contribution in [0.2, 0.25) is 0 Å². The molecule has 1 heteroatoms. The third kappa shape index (κ3) is 2.70. The summed E-state index contributed by atoms with van der Waals surface area (Å²) in [7, 11) is 0. The zero-order valence-corrected chi connectivity index (χ0v) is 6.90.